The Morgan fingerprint density at radius 2 is 1.83 bits per heavy atom. The molecule has 0 aromatic carbocycles. The smallest absolute Gasteiger partial charge is 0.284 e. The predicted octanol–water partition coefficient (Wildman–Crippen LogP) is -0.0571. The van der Waals surface area contributed by atoms with Gasteiger partial charge in [-0.1, -0.05) is 0 Å². The van der Waals surface area contributed by atoms with E-state index in [0.29, 0.717) is 5.92 Å². The molecule has 3 aliphatic rings. The number of hydrogen-bond donors (Lipinski definition) is 1. The van der Waals surface area contributed by atoms with Gasteiger partial charge >= 0.3 is 0 Å². The molecule has 3 rings (SSSR count). The lowest BCUT2D eigenvalue weighted by molar-refractivity contribution is -0.449. The van der Waals surface area contributed by atoms with Gasteiger partial charge in [-0.15, -0.1) is 0 Å². The van der Waals surface area contributed by atoms with Crippen molar-refractivity contribution in [1.29, 1.82) is 0 Å². The normalized spacial score (nSPS) is 40.2. The van der Waals surface area contributed by atoms with Crippen molar-refractivity contribution < 1.29 is 14.2 Å². The second-order valence-corrected chi connectivity index (χ2v) is 3.34. The molecule has 0 saturated carbocycles. The molecule has 0 radical (unpaired) electrons. The summed E-state index contributed by atoms with van der Waals surface area (Å²) in [5.74, 6) is -0.279. The number of fused-ring (bicyclic) bond motifs is 3. The van der Waals surface area contributed by atoms with Crippen molar-refractivity contribution in [2.45, 2.75) is 12.4 Å². The molecule has 3 fully saturated rings. The molecule has 3 saturated heterocycles. The van der Waals surface area contributed by atoms with Gasteiger partial charge in [0.1, 0.15) is 0 Å². The average molecular weight is 173 g/mol. The van der Waals surface area contributed by atoms with Crippen molar-refractivity contribution in [3.05, 3.63) is 0 Å². The molecule has 0 aromatic heterocycles. The Morgan fingerprint density at radius 1 is 1.25 bits per heavy atom. The van der Waals surface area contributed by atoms with Gasteiger partial charge in [-0.3, -0.25) is 0 Å². The minimum absolute atomic E-state index is 0.446. The fourth-order valence-electron chi connectivity index (χ4n) is 1.50. The van der Waals surface area contributed by atoms with Crippen LogP contribution in [0.4, 0.5) is 0 Å². The van der Waals surface area contributed by atoms with Gasteiger partial charge in [-0.05, 0) is 7.05 Å². The zero-order valence-electron chi connectivity index (χ0n) is 7.34. The molecule has 3 aliphatic heterocycles. The maximum absolute atomic E-state index is 5.48. The van der Waals surface area contributed by atoms with Crippen molar-refractivity contribution in [3.63, 3.8) is 0 Å². The van der Waals surface area contributed by atoms with Crippen LogP contribution in [0.15, 0.2) is 0 Å². The molecule has 0 aliphatic carbocycles. The summed E-state index contributed by atoms with van der Waals surface area (Å²) in [6.07, 6.45) is 0.760. The largest absolute Gasteiger partial charge is 0.327 e. The van der Waals surface area contributed by atoms with Crippen LogP contribution in [0, 0.1) is 5.92 Å². The van der Waals surface area contributed by atoms with E-state index in [0.717, 1.165) is 32.8 Å². The third-order valence-corrected chi connectivity index (χ3v) is 2.30. The van der Waals surface area contributed by atoms with Crippen molar-refractivity contribution >= 4 is 0 Å². The summed E-state index contributed by atoms with van der Waals surface area (Å²) < 4.78 is 16.4. The molecule has 3 heterocycles. The van der Waals surface area contributed by atoms with Crippen LogP contribution in [0.5, 0.6) is 0 Å². The van der Waals surface area contributed by atoms with Crippen LogP contribution >= 0.6 is 0 Å². The van der Waals surface area contributed by atoms with Gasteiger partial charge in [-0.2, -0.15) is 0 Å². The Bertz CT molecular complexity index is 141. The van der Waals surface area contributed by atoms with E-state index in [-0.39, 0.29) is 0 Å². The molecular weight excluding hydrogens is 158 g/mol. The fourth-order valence-corrected chi connectivity index (χ4v) is 1.50. The summed E-state index contributed by atoms with van der Waals surface area (Å²) in [6, 6.07) is 0. The van der Waals surface area contributed by atoms with Crippen molar-refractivity contribution in [2.24, 2.45) is 5.92 Å². The predicted molar refractivity (Wildman–Crippen MR) is 42.6 cm³/mol. The Labute approximate surface area is 72.2 Å². The summed E-state index contributed by atoms with van der Waals surface area (Å²) in [7, 11) is 1.91. The first-order valence-corrected chi connectivity index (χ1v) is 4.41. The van der Waals surface area contributed by atoms with E-state index in [1.54, 1.807) is 0 Å². The standard InChI is InChI=1S/C8H15NO3/c1-9-3-2-8-10-4-7(5-11-8)6-12-8/h7,9H,2-6H2,1H3. The summed E-state index contributed by atoms with van der Waals surface area (Å²) in [6.45, 7) is 3.20. The van der Waals surface area contributed by atoms with Crippen molar-refractivity contribution in [1.82, 2.24) is 5.32 Å². The Balaban J connectivity index is 1.90. The van der Waals surface area contributed by atoms with E-state index < -0.39 is 5.97 Å². The van der Waals surface area contributed by atoms with Gasteiger partial charge in [0, 0.05) is 18.9 Å². The first-order chi connectivity index (χ1) is 5.85. The van der Waals surface area contributed by atoms with Gasteiger partial charge in [-0.25, -0.2) is 0 Å². The summed E-state index contributed by atoms with van der Waals surface area (Å²) in [5.41, 5.74) is 0. The molecule has 4 nitrogen and oxygen atoms in total. The Kier molecular flexibility index (Phi) is 2.32. The third-order valence-electron chi connectivity index (χ3n) is 2.30. The highest BCUT2D eigenvalue weighted by Gasteiger charge is 2.43. The van der Waals surface area contributed by atoms with Crippen LogP contribution < -0.4 is 5.32 Å². The van der Waals surface area contributed by atoms with E-state index in [1.807, 2.05) is 7.05 Å². The number of rotatable bonds is 3. The highest BCUT2D eigenvalue weighted by Crippen LogP contribution is 2.32. The average Bonchev–Trinajstić information content (AvgIpc) is 2.18. The summed E-state index contributed by atoms with van der Waals surface area (Å²) in [5, 5.41) is 3.05. The fraction of sp³-hybridized carbons (Fsp3) is 1.00. The van der Waals surface area contributed by atoms with Gasteiger partial charge < -0.3 is 19.5 Å². The lowest BCUT2D eigenvalue weighted by Gasteiger charge is -2.45. The Morgan fingerprint density at radius 3 is 2.33 bits per heavy atom. The van der Waals surface area contributed by atoms with Gasteiger partial charge in [0.05, 0.1) is 19.8 Å². The van der Waals surface area contributed by atoms with Crippen molar-refractivity contribution in [2.75, 3.05) is 33.4 Å². The molecule has 2 bridgehead atoms. The maximum Gasteiger partial charge on any atom is 0.284 e. The second kappa shape index (κ2) is 3.30. The number of nitrogens with one attached hydrogen (secondary N) is 1. The molecule has 0 unspecified atom stereocenters. The van der Waals surface area contributed by atoms with E-state index in [1.165, 1.54) is 0 Å². The maximum atomic E-state index is 5.48. The molecule has 0 spiro atoms. The lowest BCUT2D eigenvalue weighted by Crippen LogP contribution is -2.54. The Hall–Kier alpha value is -0.160. The van der Waals surface area contributed by atoms with Crippen LogP contribution in [-0.4, -0.2) is 39.4 Å². The third kappa shape index (κ3) is 1.47. The van der Waals surface area contributed by atoms with E-state index in [4.69, 9.17) is 14.2 Å². The zero-order valence-corrected chi connectivity index (χ0v) is 7.34. The quantitative estimate of drug-likeness (QED) is 0.649. The van der Waals surface area contributed by atoms with E-state index in [2.05, 4.69) is 5.32 Å². The van der Waals surface area contributed by atoms with Gasteiger partial charge in [0.25, 0.3) is 5.97 Å². The number of hydrogen-bond acceptors (Lipinski definition) is 4. The molecule has 1 N–H and O–H groups in total. The van der Waals surface area contributed by atoms with E-state index in [9.17, 15) is 0 Å². The first-order valence-electron chi connectivity index (χ1n) is 4.41. The topological polar surface area (TPSA) is 39.7 Å². The van der Waals surface area contributed by atoms with Crippen LogP contribution in [0.2, 0.25) is 0 Å². The summed E-state index contributed by atoms with van der Waals surface area (Å²) >= 11 is 0. The minimum Gasteiger partial charge on any atom is -0.327 e. The molecule has 0 amide bonds. The monoisotopic (exact) mass is 173 g/mol. The lowest BCUT2D eigenvalue weighted by atomic mass is 10.1. The van der Waals surface area contributed by atoms with Crippen LogP contribution in [0.1, 0.15) is 6.42 Å². The van der Waals surface area contributed by atoms with E-state index >= 15 is 0 Å². The van der Waals surface area contributed by atoms with Crippen LogP contribution in [0.25, 0.3) is 0 Å². The molecule has 70 valence electrons. The van der Waals surface area contributed by atoms with Gasteiger partial charge in [0.2, 0.25) is 0 Å². The van der Waals surface area contributed by atoms with Crippen LogP contribution in [0.3, 0.4) is 0 Å². The second-order valence-electron chi connectivity index (χ2n) is 3.34. The highest BCUT2D eigenvalue weighted by molar-refractivity contribution is 4.74. The first kappa shape index (κ1) is 8.44. The SMILES string of the molecule is CNCCC12OCC(CO1)CO2. The molecule has 12 heavy (non-hydrogen) atoms. The zero-order chi connectivity index (χ0) is 8.44. The molecule has 0 aromatic rings. The number of ether oxygens (including phenoxy) is 3. The molecule has 0 atom stereocenters. The molecular formula is C8H15NO3. The minimum atomic E-state index is -0.724. The van der Waals surface area contributed by atoms with Crippen molar-refractivity contribution in [3.8, 4) is 0 Å². The highest BCUT2D eigenvalue weighted by atomic mass is 16.9. The van der Waals surface area contributed by atoms with Gasteiger partial charge in [0.15, 0.2) is 0 Å². The van der Waals surface area contributed by atoms with Crippen LogP contribution in [-0.2, 0) is 14.2 Å². The summed E-state index contributed by atoms with van der Waals surface area (Å²) in [4.78, 5) is 0. The molecule has 4 heteroatoms.